The summed E-state index contributed by atoms with van der Waals surface area (Å²) in [6, 6.07) is 6.43. The van der Waals surface area contributed by atoms with E-state index in [0.717, 1.165) is 59.5 Å². The van der Waals surface area contributed by atoms with Gasteiger partial charge in [0.2, 0.25) is 0 Å². The second-order valence-electron chi connectivity index (χ2n) is 9.11. The van der Waals surface area contributed by atoms with Crippen LogP contribution in [-0.2, 0) is 0 Å². The molecule has 0 bridgehead atoms. The number of imidazole rings is 1. The number of nitrogens with zero attached hydrogens (tertiary/aromatic N) is 4. The van der Waals surface area contributed by atoms with Crippen molar-refractivity contribution in [2.45, 2.75) is 44.7 Å². The number of rotatable bonds is 4. The van der Waals surface area contributed by atoms with E-state index in [4.69, 9.17) is 10.7 Å². The fourth-order valence-corrected chi connectivity index (χ4v) is 4.42. The molecule has 1 saturated carbocycles. The second kappa shape index (κ2) is 6.80. The van der Waals surface area contributed by atoms with E-state index in [1.54, 1.807) is 6.20 Å². The van der Waals surface area contributed by atoms with Crippen LogP contribution in [0.15, 0.2) is 30.6 Å². The van der Waals surface area contributed by atoms with Crippen LogP contribution < -0.4 is 10.6 Å². The Morgan fingerprint density at radius 1 is 1.33 bits per heavy atom. The van der Waals surface area contributed by atoms with Gasteiger partial charge < -0.3 is 20.5 Å². The van der Waals surface area contributed by atoms with Crippen LogP contribution in [0.5, 0.6) is 0 Å². The van der Waals surface area contributed by atoms with E-state index < -0.39 is 0 Å². The number of nitrogens with one attached hydrogen (secondary N) is 1. The third-order valence-corrected chi connectivity index (χ3v) is 6.35. The maximum absolute atomic E-state index is 13.4. The number of carbonyl (C=O) groups is 1. The Morgan fingerprint density at radius 2 is 2.13 bits per heavy atom. The van der Waals surface area contributed by atoms with Crippen LogP contribution in [0.2, 0.25) is 0 Å². The predicted molar refractivity (Wildman–Crippen MR) is 119 cm³/mol. The van der Waals surface area contributed by atoms with E-state index in [1.165, 1.54) is 0 Å². The Hall–Kier alpha value is -2.93. The zero-order valence-electron chi connectivity index (χ0n) is 17.8. The molecule has 1 aliphatic carbocycles. The highest BCUT2D eigenvalue weighted by Crippen LogP contribution is 2.38. The summed E-state index contributed by atoms with van der Waals surface area (Å²) >= 11 is 0. The summed E-state index contributed by atoms with van der Waals surface area (Å²) in [6.07, 6.45) is 6.51. The summed E-state index contributed by atoms with van der Waals surface area (Å²) in [5.41, 5.74) is 11.5. The normalized spacial score (nSPS) is 21.4. The highest BCUT2D eigenvalue weighted by atomic mass is 16.2. The molecule has 3 heterocycles. The Balaban J connectivity index is 1.67. The number of aromatic amines is 1. The maximum Gasteiger partial charge on any atom is 0.257 e. The first kappa shape index (κ1) is 19.1. The molecule has 7 nitrogen and oxygen atoms in total. The number of hydrogen-bond acceptors (Lipinski definition) is 5. The molecule has 2 aromatic heterocycles. The van der Waals surface area contributed by atoms with Crippen LogP contribution in [0.1, 0.15) is 42.1 Å². The van der Waals surface area contributed by atoms with Crippen LogP contribution >= 0.6 is 0 Å². The molecule has 1 saturated heterocycles. The summed E-state index contributed by atoms with van der Waals surface area (Å²) in [7, 11) is 1.89. The van der Waals surface area contributed by atoms with Gasteiger partial charge in [-0.2, -0.15) is 0 Å². The molecule has 156 valence electrons. The van der Waals surface area contributed by atoms with Gasteiger partial charge in [0, 0.05) is 44.1 Å². The lowest BCUT2D eigenvalue weighted by Gasteiger charge is -2.27. The zero-order valence-corrected chi connectivity index (χ0v) is 17.8. The van der Waals surface area contributed by atoms with E-state index in [2.05, 4.69) is 34.8 Å². The molecule has 7 heteroatoms. The van der Waals surface area contributed by atoms with Gasteiger partial charge in [0.05, 0.1) is 27.8 Å². The smallest absolute Gasteiger partial charge is 0.257 e. The first-order valence-electron chi connectivity index (χ1n) is 10.6. The van der Waals surface area contributed by atoms with Gasteiger partial charge in [-0.25, -0.2) is 4.98 Å². The van der Waals surface area contributed by atoms with Gasteiger partial charge in [-0.05, 0) is 44.7 Å². The molecule has 3 aromatic rings. The largest absolute Gasteiger partial charge is 0.368 e. The third-order valence-electron chi connectivity index (χ3n) is 6.35. The number of para-hydroxylation sites is 1. The minimum atomic E-state index is -0.284. The molecule has 0 spiro atoms. The summed E-state index contributed by atoms with van der Waals surface area (Å²) in [5.74, 6) is 0.746. The second-order valence-corrected chi connectivity index (χ2v) is 9.11. The Kier molecular flexibility index (Phi) is 4.32. The fraction of sp³-hybridized carbons (Fsp3) is 0.435. The number of carbonyl (C=O) groups excluding carboxylic acids is 1. The highest BCUT2D eigenvalue weighted by molar-refractivity contribution is 6.03. The number of hydrogen-bond donors (Lipinski definition) is 2. The van der Waals surface area contributed by atoms with Crippen LogP contribution in [-0.4, -0.2) is 57.5 Å². The average molecular weight is 405 g/mol. The molecule has 2 aliphatic rings. The van der Waals surface area contributed by atoms with Gasteiger partial charge in [0.15, 0.2) is 0 Å². The quantitative estimate of drug-likeness (QED) is 0.697. The molecule has 2 fully saturated rings. The number of anilines is 1. The van der Waals surface area contributed by atoms with Crippen LogP contribution in [0.25, 0.3) is 22.4 Å². The molecule has 1 aromatic carbocycles. The Labute approximate surface area is 176 Å². The number of fused-ring (bicyclic) bond motifs is 1. The van der Waals surface area contributed by atoms with E-state index in [0.29, 0.717) is 18.2 Å². The lowest BCUT2D eigenvalue weighted by atomic mass is 10.0. The molecule has 1 aliphatic heterocycles. The highest BCUT2D eigenvalue weighted by Gasteiger charge is 2.36. The number of aryl methyl sites for hydroxylation is 1. The molecular weight excluding hydrogens is 376 g/mol. The molecule has 5 rings (SSSR count). The van der Waals surface area contributed by atoms with E-state index >= 15 is 0 Å². The maximum atomic E-state index is 13.4. The van der Waals surface area contributed by atoms with Gasteiger partial charge in [-0.1, -0.05) is 12.1 Å². The van der Waals surface area contributed by atoms with Crippen LogP contribution in [0, 0.1) is 6.92 Å². The molecule has 0 radical (unpaired) electrons. The van der Waals surface area contributed by atoms with Gasteiger partial charge in [-0.3, -0.25) is 9.78 Å². The van der Waals surface area contributed by atoms with Crippen molar-refractivity contribution in [3.63, 3.8) is 0 Å². The predicted octanol–water partition coefficient (Wildman–Crippen LogP) is 3.10. The molecular formula is C23H28N6O. The number of benzene rings is 1. The average Bonchev–Trinajstić information content (AvgIpc) is 3.38. The van der Waals surface area contributed by atoms with E-state index in [9.17, 15) is 4.79 Å². The molecule has 1 atom stereocenters. The van der Waals surface area contributed by atoms with Crippen molar-refractivity contribution < 1.29 is 4.79 Å². The summed E-state index contributed by atoms with van der Waals surface area (Å²) in [4.78, 5) is 30.2. The van der Waals surface area contributed by atoms with E-state index in [1.807, 2.05) is 30.3 Å². The monoisotopic (exact) mass is 404 g/mol. The van der Waals surface area contributed by atoms with E-state index in [-0.39, 0.29) is 11.4 Å². The van der Waals surface area contributed by atoms with Gasteiger partial charge >= 0.3 is 0 Å². The number of aromatic nitrogens is 3. The van der Waals surface area contributed by atoms with Gasteiger partial charge in [0.1, 0.15) is 5.82 Å². The van der Waals surface area contributed by atoms with Crippen molar-refractivity contribution in [2.75, 3.05) is 25.0 Å². The third kappa shape index (κ3) is 3.23. The topological polar surface area (TPSA) is 91.1 Å². The molecule has 0 unspecified atom stereocenters. The van der Waals surface area contributed by atoms with Gasteiger partial charge in [0.25, 0.3) is 5.91 Å². The number of nitrogens with two attached hydrogens (primary N) is 1. The Morgan fingerprint density at radius 3 is 2.80 bits per heavy atom. The van der Waals surface area contributed by atoms with Crippen molar-refractivity contribution in [3.8, 4) is 11.4 Å². The van der Waals surface area contributed by atoms with Crippen molar-refractivity contribution in [2.24, 2.45) is 5.73 Å². The summed E-state index contributed by atoms with van der Waals surface area (Å²) in [5, 5.41) is 0. The molecule has 1 amide bonds. The zero-order chi connectivity index (χ0) is 21.0. The lowest BCUT2D eigenvalue weighted by molar-refractivity contribution is 0.0785. The Bertz CT molecular complexity index is 1130. The van der Waals surface area contributed by atoms with Crippen molar-refractivity contribution >= 4 is 22.6 Å². The number of amides is 1. The van der Waals surface area contributed by atoms with Crippen molar-refractivity contribution in [1.29, 1.82) is 0 Å². The minimum absolute atomic E-state index is 0.0137. The van der Waals surface area contributed by atoms with Gasteiger partial charge in [-0.15, -0.1) is 0 Å². The first-order chi connectivity index (χ1) is 14.3. The van der Waals surface area contributed by atoms with Crippen molar-refractivity contribution in [3.05, 3.63) is 41.7 Å². The summed E-state index contributed by atoms with van der Waals surface area (Å²) in [6.45, 7) is 5.61. The van der Waals surface area contributed by atoms with Crippen LogP contribution in [0.3, 0.4) is 0 Å². The minimum Gasteiger partial charge on any atom is -0.368 e. The number of H-pyrrole nitrogens is 1. The van der Waals surface area contributed by atoms with Crippen molar-refractivity contribution in [1.82, 2.24) is 19.9 Å². The molecule has 30 heavy (non-hydrogen) atoms. The summed E-state index contributed by atoms with van der Waals surface area (Å²) < 4.78 is 0. The van der Waals surface area contributed by atoms with Crippen LogP contribution in [0.4, 0.5) is 5.69 Å². The first-order valence-corrected chi connectivity index (χ1v) is 10.6. The SMILES string of the molecule is Cc1cccc2[nH]c(-c3cncc(C(=O)N(C)C4CC4)c3N3CC[C@](C)(N)C3)nc12. The molecule has 3 N–H and O–H groups in total. The fourth-order valence-electron chi connectivity index (χ4n) is 4.42. The standard InChI is InChI=1S/C23H28N6O/c1-14-5-4-6-18-19(14)27-21(26-18)16-11-25-12-17(22(30)28(3)15-7-8-15)20(16)29-10-9-23(2,24)13-29/h4-6,11-12,15H,7-10,13,24H2,1-3H3,(H,26,27)/t23-/m0/s1. The number of pyridine rings is 1. The lowest BCUT2D eigenvalue weighted by Crippen LogP contribution is -2.40.